The number of aromatic nitrogens is 2. The lowest BCUT2D eigenvalue weighted by atomic mass is 9.81. The lowest BCUT2D eigenvalue weighted by Crippen LogP contribution is -2.36. The molecule has 82 valence electrons. The van der Waals surface area contributed by atoms with Crippen LogP contribution in [0.15, 0.2) is 12.4 Å². The summed E-state index contributed by atoms with van der Waals surface area (Å²) in [5.41, 5.74) is 6.74. The number of H-pyrrole nitrogens is 1. The Balaban J connectivity index is 1.78. The number of nitrogens with one attached hydrogen (secondary N) is 3. The van der Waals surface area contributed by atoms with E-state index in [0.29, 0.717) is 22.8 Å². The first-order valence-corrected chi connectivity index (χ1v) is 6.40. The van der Waals surface area contributed by atoms with Gasteiger partial charge in [0.15, 0.2) is 0 Å². The number of rotatable bonds is 1. The predicted molar refractivity (Wildman–Crippen MR) is 61.4 cm³/mol. The molecule has 2 heterocycles. The summed E-state index contributed by atoms with van der Waals surface area (Å²) in [6, 6.07) is 0.934. The molecule has 0 spiro atoms. The number of halogens is 1. The van der Waals surface area contributed by atoms with Crippen LogP contribution < -0.4 is 10.9 Å². The van der Waals surface area contributed by atoms with Crippen molar-refractivity contribution in [2.45, 2.75) is 36.2 Å². The van der Waals surface area contributed by atoms with Gasteiger partial charge in [-0.2, -0.15) is 0 Å². The number of hydrogen-bond acceptors (Lipinski definition) is 3. The molecule has 4 nitrogen and oxygen atoms in total. The third-order valence-corrected chi connectivity index (χ3v) is 4.34. The Morgan fingerprint density at radius 1 is 1.33 bits per heavy atom. The first-order chi connectivity index (χ1) is 7.34. The van der Waals surface area contributed by atoms with Crippen LogP contribution in [-0.4, -0.2) is 20.8 Å². The van der Waals surface area contributed by atoms with Crippen molar-refractivity contribution >= 4 is 15.9 Å². The van der Waals surface area contributed by atoms with Crippen LogP contribution in [0, 0.1) is 5.92 Å². The normalized spacial score (nSPS) is 40.3. The van der Waals surface area contributed by atoms with Crippen LogP contribution >= 0.6 is 15.9 Å². The van der Waals surface area contributed by atoms with E-state index in [1.54, 1.807) is 0 Å². The van der Waals surface area contributed by atoms with Gasteiger partial charge in [-0.25, -0.2) is 10.4 Å². The molecular formula is C10H15BrN4. The highest BCUT2D eigenvalue weighted by molar-refractivity contribution is 9.09. The number of alkyl halides is 1. The quantitative estimate of drug-likeness (QED) is 0.678. The molecule has 4 unspecified atom stereocenters. The van der Waals surface area contributed by atoms with Gasteiger partial charge in [0.2, 0.25) is 0 Å². The number of fused-ring (bicyclic) bond motifs is 1. The number of hydrazine groups is 1. The molecule has 3 N–H and O–H groups in total. The molecule has 3 rings (SSSR count). The summed E-state index contributed by atoms with van der Waals surface area (Å²) in [6.45, 7) is 0. The predicted octanol–water partition coefficient (Wildman–Crippen LogP) is 1.49. The van der Waals surface area contributed by atoms with Crippen LogP contribution in [0.4, 0.5) is 0 Å². The van der Waals surface area contributed by atoms with Gasteiger partial charge in [-0.1, -0.05) is 15.9 Å². The molecule has 0 radical (unpaired) electrons. The number of nitrogens with zero attached hydrogens (tertiary/aromatic N) is 1. The fraction of sp³-hybridized carbons (Fsp3) is 0.700. The lowest BCUT2D eigenvalue weighted by Gasteiger charge is -2.29. The average Bonchev–Trinajstić information content (AvgIpc) is 2.82. The summed E-state index contributed by atoms with van der Waals surface area (Å²) in [7, 11) is 0. The largest absolute Gasteiger partial charge is 0.347 e. The van der Waals surface area contributed by atoms with E-state index >= 15 is 0 Å². The van der Waals surface area contributed by atoms with E-state index in [2.05, 4.69) is 36.7 Å². The SMILES string of the molecule is BrC1CCC2C(C1)NNC2c1ncc[nH]1. The Morgan fingerprint density at radius 3 is 3.07 bits per heavy atom. The van der Waals surface area contributed by atoms with E-state index in [4.69, 9.17) is 0 Å². The third kappa shape index (κ3) is 1.73. The van der Waals surface area contributed by atoms with Gasteiger partial charge in [0.05, 0.1) is 6.04 Å². The molecule has 1 saturated heterocycles. The molecule has 1 aliphatic heterocycles. The molecule has 15 heavy (non-hydrogen) atoms. The fourth-order valence-electron chi connectivity index (χ4n) is 2.73. The van der Waals surface area contributed by atoms with Gasteiger partial charge in [0.25, 0.3) is 0 Å². The number of aromatic amines is 1. The summed E-state index contributed by atoms with van der Waals surface area (Å²) in [4.78, 5) is 8.21. The highest BCUT2D eigenvalue weighted by Gasteiger charge is 2.41. The average molecular weight is 271 g/mol. The summed E-state index contributed by atoms with van der Waals surface area (Å²) in [6.07, 6.45) is 7.43. The standard InChI is InChI=1S/C10H15BrN4/c11-6-1-2-7-8(5-6)14-15-9(7)10-12-3-4-13-10/h3-4,6-9,14-15H,1-2,5H2,(H,12,13). The van der Waals surface area contributed by atoms with Gasteiger partial charge in [-0.3, -0.25) is 5.43 Å². The molecule has 1 saturated carbocycles. The fourth-order valence-corrected chi connectivity index (χ4v) is 3.40. The van der Waals surface area contributed by atoms with Crippen molar-refractivity contribution in [2.24, 2.45) is 5.92 Å². The van der Waals surface area contributed by atoms with Crippen LogP contribution in [0.5, 0.6) is 0 Å². The van der Waals surface area contributed by atoms with Crippen LogP contribution in [0.25, 0.3) is 0 Å². The highest BCUT2D eigenvalue weighted by atomic mass is 79.9. The van der Waals surface area contributed by atoms with Crippen molar-refractivity contribution in [3.63, 3.8) is 0 Å². The van der Waals surface area contributed by atoms with Gasteiger partial charge < -0.3 is 4.98 Å². The second-order valence-electron chi connectivity index (χ2n) is 4.42. The zero-order valence-electron chi connectivity index (χ0n) is 8.41. The Bertz CT molecular complexity index is 326. The number of imidazole rings is 1. The minimum Gasteiger partial charge on any atom is -0.347 e. The zero-order chi connectivity index (χ0) is 10.3. The topological polar surface area (TPSA) is 52.7 Å². The van der Waals surface area contributed by atoms with E-state index in [1.165, 1.54) is 19.3 Å². The van der Waals surface area contributed by atoms with Gasteiger partial charge in [-0.15, -0.1) is 0 Å². The van der Waals surface area contributed by atoms with Gasteiger partial charge in [0, 0.05) is 23.3 Å². The van der Waals surface area contributed by atoms with Crippen molar-refractivity contribution in [3.05, 3.63) is 18.2 Å². The van der Waals surface area contributed by atoms with Gasteiger partial charge in [0.1, 0.15) is 5.82 Å². The maximum atomic E-state index is 4.34. The van der Waals surface area contributed by atoms with Crippen molar-refractivity contribution in [1.82, 2.24) is 20.8 Å². The minimum atomic E-state index is 0.352. The minimum absolute atomic E-state index is 0.352. The second-order valence-corrected chi connectivity index (χ2v) is 5.72. The van der Waals surface area contributed by atoms with Gasteiger partial charge >= 0.3 is 0 Å². The monoisotopic (exact) mass is 270 g/mol. The van der Waals surface area contributed by atoms with Crippen LogP contribution in [-0.2, 0) is 0 Å². The molecule has 5 heteroatoms. The molecular weight excluding hydrogens is 256 g/mol. The summed E-state index contributed by atoms with van der Waals surface area (Å²) >= 11 is 3.70. The molecule has 4 atom stereocenters. The molecule has 1 aromatic rings. The zero-order valence-corrected chi connectivity index (χ0v) is 10.00. The molecule has 2 aliphatic rings. The van der Waals surface area contributed by atoms with E-state index < -0.39 is 0 Å². The molecule has 2 fully saturated rings. The van der Waals surface area contributed by atoms with Crippen molar-refractivity contribution in [2.75, 3.05) is 0 Å². The molecule has 0 aromatic carbocycles. The Hall–Kier alpha value is -0.390. The first-order valence-electron chi connectivity index (χ1n) is 5.49. The molecule has 1 aromatic heterocycles. The summed E-state index contributed by atoms with van der Waals surface area (Å²) in [5, 5.41) is 0. The van der Waals surface area contributed by atoms with E-state index in [0.717, 1.165) is 5.82 Å². The third-order valence-electron chi connectivity index (χ3n) is 3.51. The smallest absolute Gasteiger partial charge is 0.124 e. The molecule has 1 aliphatic carbocycles. The van der Waals surface area contributed by atoms with Crippen LogP contribution in [0.2, 0.25) is 0 Å². The van der Waals surface area contributed by atoms with Crippen molar-refractivity contribution < 1.29 is 0 Å². The van der Waals surface area contributed by atoms with E-state index in [-0.39, 0.29) is 0 Å². The molecule has 0 bridgehead atoms. The first kappa shape index (κ1) is 9.81. The maximum Gasteiger partial charge on any atom is 0.124 e. The Labute approximate surface area is 97.3 Å². The highest BCUT2D eigenvalue weighted by Crippen LogP contribution is 2.38. The summed E-state index contributed by atoms with van der Waals surface area (Å²) < 4.78 is 0. The second kappa shape index (κ2) is 3.88. The molecule has 0 amide bonds. The van der Waals surface area contributed by atoms with Crippen LogP contribution in [0.1, 0.15) is 31.1 Å². The lowest BCUT2D eigenvalue weighted by molar-refractivity contribution is 0.311. The Kier molecular flexibility index (Phi) is 2.54. The van der Waals surface area contributed by atoms with E-state index in [1.807, 2.05) is 12.4 Å². The summed E-state index contributed by atoms with van der Waals surface area (Å²) in [5.74, 6) is 1.73. The number of hydrogen-bond donors (Lipinski definition) is 3. The van der Waals surface area contributed by atoms with E-state index in [9.17, 15) is 0 Å². The maximum absolute atomic E-state index is 4.34. The van der Waals surface area contributed by atoms with Gasteiger partial charge in [-0.05, 0) is 25.2 Å². The Morgan fingerprint density at radius 2 is 2.27 bits per heavy atom. The van der Waals surface area contributed by atoms with Crippen molar-refractivity contribution in [3.8, 4) is 0 Å². The van der Waals surface area contributed by atoms with Crippen LogP contribution in [0.3, 0.4) is 0 Å². The van der Waals surface area contributed by atoms with Crippen molar-refractivity contribution in [1.29, 1.82) is 0 Å².